The summed E-state index contributed by atoms with van der Waals surface area (Å²) in [6, 6.07) is 0. The van der Waals surface area contributed by atoms with Crippen LogP contribution in [-0.4, -0.2) is 23.5 Å². The van der Waals surface area contributed by atoms with Crippen molar-refractivity contribution in [3.63, 3.8) is 0 Å². The van der Waals surface area contributed by atoms with Gasteiger partial charge >= 0.3 is 5.97 Å². The van der Waals surface area contributed by atoms with E-state index in [1.807, 2.05) is 0 Å². The summed E-state index contributed by atoms with van der Waals surface area (Å²) in [6.07, 6.45) is -0.0926. The first-order valence-electron chi connectivity index (χ1n) is 3.31. The maximum Gasteiger partial charge on any atom is 0.302 e. The second kappa shape index (κ2) is 4.65. The van der Waals surface area contributed by atoms with Crippen LogP contribution in [0.2, 0.25) is 0 Å². The van der Waals surface area contributed by atoms with Crippen molar-refractivity contribution in [3.8, 4) is 0 Å². The summed E-state index contributed by atoms with van der Waals surface area (Å²) < 4.78 is 4.66. The van der Waals surface area contributed by atoms with Gasteiger partial charge in [0.2, 0.25) is 6.54 Å². The minimum atomic E-state index is -0.431. The molecule has 0 unspecified atom stereocenters. The largest absolute Gasteiger partial charge is 0.463 e. The molecule has 11 heavy (non-hydrogen) atoms. The Morgan fingerprint density at radius 2 is 2.27 bits per heavy atom. The normalized spacial score (nSPS) is 12.2. The average Bonchev–Trinajstić information content (AvgIpc) is 1.82. The molecule has 0 heterocycles. The van der Waals surface area contributed by atoms with E-state index in [1.54, 1.807) is 6.92 Å². The number of ether oxygens (including phenoxy) is 1. The predicted molar refractivity (Wildman–Crippen MR) is 37.7 cm³/mol. The Morgan fingerprint density at radius 1 is 1.73 bits per heavy atom. The smallest absolute Gasteiger partial charge is 0.302 e. The lowest BCUT2D eigenvalue weighted by Crippen LogP contribution is -2.16. The van der Waals surface area contributed by atoms with Gasteiger partial charge in [-0.3, -0.25) is 14.9 Å². The van der Waals surface area contributed by atoms with Crippen LogP contribution >= 0.6 is 0 Å². The average molecular weight is 161 g/mol. The first-order chi connectivity index (χ1) is 5.02. The molecule has 0 saturated carbocycles. The summed E-state index contributed by atoms with van der Waals surface area (Å²) in [5.41, 5.74) is 0. The van der Waals surface area contributed by atoms with E-state index in [1.165, 1.54) is 6.92 Å². The topological polar surface area (TPSA) is 69.4 Å². The standard InChI is InChI=1S/C6H11NO4/c1-5(11-6(2)8)3-4-7(9)10/h5H,3-4H2,1-2H3/t5-/m1/s1. The third-order valence-corrected chi connectivity index (χ3v) is 1.09. The maximum atomic E-state index is 10.3. The molecule has 1 atom stereocenters. The molecule has 0 N–H and O–H groups in total. The highest BCUT2D eigenvalue weighted by molar-refractivity contribution is 5.66. The zero-order chi connectivity index (χ0) is 8.85. The van der Waals surface area contributed by atoms with E-state index >= 15 is 0 Å². The van der Waals surface area contributed by atoms with Gasteiger partial charge in [0.05, 0.1) is 0 Å². The fourth-order valence-corrected chi connectivity index (χ4v) is 0.629. The van der Waals surface area contributed by atoms with Gasteiger partial charge in [-0.05, 0) is 6.92 Å². The van der Waals surface area contributed by atoms with Crippen LogP contribution in [0.15, 0.2) is 0 Å². The monoisotopic (exact) mass is 161 g/mol. The Morgan fingerprint density at radius 3 is 2.64 bits per heavy atom. The summed E-state index contributed by atoms with van der Waals surface area (Å²) in [5, 5.41) is 9.85. The highest BCUT2D eigenvalue weighted by atomic mass is 16.6. The number of carbonyl (C=O) groups excluding carboxylic acids is 1. The molecule has 0 aliphatic carbocycles. The molecule has 5 heteroatoms. The lowest BCUT2D eigenvalue weighted by Gasteiger charge is -2.07. The minimum Gasteiger partial charge on any atom is -0.463 e. The van der Waals surface area contributed by atoms with Gasteiger partial charge in [-0.15, -0.1) is 0 Å². The number of rotatable bonds is 4. The molecular formula is C6H11NO4. The van der Waals surface area contributed by atoms with E-state index < -0.39 is 10.9 Å². The number of hydrogen-bond donors (Lipinski definition) is 0. The van der Waals surface area contributed by atoms with Crippen molar-refractivity contribution in [2.24, 2.45) is 0 Å². The minimum absolute atomic E-state index is 0.158. The molecule has 0 aromatic rings. The Labute approximate surface area is 64.5 Å². The van der Waals surface area contributed by atoms with Gasteiger partial charge in [0.1, 0.15) is 6.10 Å². The van der Waals surface area contributed by atoms with Gasteiger partial charge in [0.15, 0.2) is 0 Å². The first-order valence-corrected chi connectivity index (χ1v) is 3.31. The van der Waals surface area contributed by atoms with E-state index in [0.717, 1.165) is 0 Å². The Bertz CT molecular complexity index is 157. The van der Waals surface area contributed by atoms with Crippen molar-refractivity contribution >= 4 is 5.97 Å². The molecule has 0 aliphatic heterocycles. The molecule has 5 nitrogen and oxygen atoms in total. The van der Waals surface area contributed by atoms with E-state index in [0.29, 0.717) is 0 Å². The van der Waals surface area contributed by atoms with Crippen LogP contribution in [0.4, 0.5) is 0 Å². The van der Waals surface area contributed by atoms with E-state index in [2.05, 4.69) is 4.74 Å². The summed E-state index contributed by atoms with van der Waals surface area (Å²) in [5.74, 6) is -0.402. The van der Waals surface area contributed by atoms with Gasteiger partial charge < -0.3 is 4.74 Å². The van der Waals surface area contributed by atoms with Crippen molar-refractivity contribution in [1.29, 1.82) is 0 Å². The number of esters is 1. The van der Waals surface area contributed by atoms with Gasteiger partial charge in [0.25, 0.3) is 0 Å². The van der Waals surface area contributed by atoms with Gasteiger partial charge in [-0.25, -0.2) is 0 Å². The van der Waals surface area contributed by atoms with Crippen molar-refractivity contribution in [2.75, 3.05) is 6.54 Å². The Balaban J connectivity index is 3.44. The maximum absolute atomic E-state index is 10.3. The molecule has 0 aromatic carbocycles. The first kappa shape index (κ1) is 9.87. The summed E-state index contributed by atoms with van der Waals surface area (Å²) in [7, 11) is 0. The number of carbonyl (C=O) groups is 1. The molecular weight excluding hydrogens is 150 g/mol. The lowest BCUT2D eigenvalue weighted by atomic mass is 10.3. The molecule has 0 rings (SSSR count). The molecule has 0 saturated heterocycles. The zero-order valence-electron chi connectivity index (χ0n) is 6.57. The van der Waals surface area contributed by atoms with E-state index in [-0.39, 0.29) is 19.1 Å². The molecule has 0 bridgehead atoms. The number of hydrogen-bond acceptors (Lipinski definition) is 4. The summed E-state index contributed by atoms with van der Waals surface area (Å²) in [6.45, 7) is 2.75. The molecule has 0 spiro atoms. The number of nitrogens with zero attached hydrogens (tertiary/aromatic N) is 1. The fourth-order valence-electron chi connectivity index (χ4n) is 0.629. The second-order valence-electron chi connectivity index (χ2n) is 2.27. The van der Waals surface area contributed by atoms with Crippen molar-refractivity contribution in [1.82, 2.24) is 0 Å². The van der Waals surface area contributed by atoms with E-state index in [4.69, 9.17) is 0 Å². The number of nitro groups is 1. The second-order valence-corrected chi connectivity index (χ2v) is 2.27. The van der Waals surface area contributed by atoms with Crippen LogP contribution < -0.4 is 0 Å². The van der Waals surface area contributed by atoms with Crippen molar-refractivity contribution in [3.05, 3.63) is 10.1 Å². The van der Waals surface area contributed by atoms with Crippen LogP contribution in [0.3, 0.4) is 0 Å². The molecule has 0 fully saturated rings. The predicted octanol–water partition coefficient (Wildman–Crippen LogP) is 0.605. The lowest BCUT2D eigenvalue weighted by molar-refractivity contribution is -0.481. The third-order valence-electron chi connectivity index (χ3n) is 1.09. The van der Waals surface area contributed by atoms with Crippen LogP contribution in [0.25, 0.3) is 0 Å². The summed E-state index contributed by atoms with van der Waals surface area (Å²) in [4.78, 5) is 19.7. The highest BCUT2D eigenvalue weighted by Gasteiger charge is 2.08. The van der Waals surface area contributed by atoms with Gasteiger partial charge in [-0.1, -0.05) is 0 Å². The Kier molecular flexibility index (Phi) is 4.17. The third kappa shape index (κ3) is 6.76. The molecule has 64 valence electrons. The van der Waals surface area contributed by atoms with E-state index in [9.17, 15) is 14.9 Å². The Hall–Kier alpha value is -1.13. The summed E-state index contributed by atoms with van der Waals surface area (Å²) >= 11 is 0. The molecule has 0 amide bonds. The quantitative estimate of drug-likeness (QED) is 0.344. The van der Waals surface area contributed by atoms with Crippen LogP contribution in [-0.2, 0) is 9.53 Å². The van der Waals surface area contributed by atoms with Crippen molar-refractivity contribution < 1.29 is 14.5 Å². The highest BCUT2D eigenvalue weighted by Crippen LogP contribution is 1.97. The van der Waals surface area contributed by atoms with Crippen molar-refractivity contribution in [2.45, 2.75) is 26.4 Å². The van der Waals surface area contributed by atoms with Gasteiger partial charge in [-0.2, -0.15) is 0 Å². The van der Waals surface area contributed by atoms with Crippen LogP contribution in [0.5, 0.6) is 0 Å². The molecule has 0 aromatic heterocycles. The fraction of sp³-hybridized carbons (Fsp3) is 0.833. The molecule has 0 radical (unpaired) electrons. The molecule has 0 aliphatic rings. The van der Waals surface area contributed by atoms with Crippen LogP contribution in [0, 0.1) is 10.1 Å². The SMILES string of the molecule is CC(=O)O[C@H](C)CC[N+](=O)[O-]. The van der Waals surface area contributed by atoms with Crippen LogP contribution in [0.1, 0.15) is 20.3 Å². The zero-order valence-corrected chi connectivity index (χ0v) is 6.57. The van der Waals surface area contributed by atoms with Gasteiger partial charge in [0, 0.05) is 18.3 Å².